The molecule has 162 valence electrons. The van der Waals surface area contributed by atoms with E-state index in [9.17, 15) is 9.18 Å². The number of ether oxygens (including phenoxy) is 2. The van der Waals surface area contributed by atoms with Crippen LogP contribution in [-0.2, 0) is 13.3 Å². The maximum absolute atomic E-state index is 12.7. The fourth-order valence-corrected chi connectivity index (χ4v) is 3.07. The standard InChI is InChI=1S/C24H21FN4O3/c1-16-27-22(11-23(28-16)32-15-18-5-9-21(31-2)10-6-18)29-14-20(13-26-29)24(30)19-7-3-17(12-25)4-8-19/h3-11,13-14H,12,15H2,1-2H3. The molecule has 7 nitrogen and oxygen atoms in total. The Hall–Kier alpha value is -4.07. The van der Waals surface area contributed by atoms with Gasteiger partial charge in [0.2, 0.25) is 5.88 Å². The second kappa shape index (κ2) is 9.38. The summed E-state index contributed by atoms with van der Waals surface area (Å²) >= 11 is 0. The number of alkyl halides is 1. The van der Waals surface area contributed by atoms with E-state index in [0.717, 1.165) is 11.3 Å². The molecule has 0 N–H and O–H groups in total. The zero-order chi connectivity index (χ0) is 22.5. The Kier molecular flexibility index (Phi) is 6.21. The van der Waals surface area contributed by atoms with Crippen LogP contribution in [0.3, 0.4) is 0 Å². The molecular formula is C24H21FN4O3. The molecule has 0 saturated carbocycles. The Labute approximate surface area is 184 Å². The fourth-order valence-electron chi connectivity index (χ4n) is 3.07. The predicted octanol–water partition coefficient (Wildman–Crippen LogP) is 4.26. The van der Waals surface area contributed by atoms with Crippen LogP contribution < -0.4 is 9.47 Å². The van der Waals surface area contributed by atoms with Crippen LogP contribution in [0.15, 0.2) is 67.0 Å². The number of ketones is 1. The number of nitrogens with zero attached hydrogens (tertiary/aromatic N) is 4. The molecule has 0 spiro atoms. The Morgan fingerprint density at radius 2 is 1.72 bits per heavy atom. The predicted molar refractivity (Wildman–Crippen MR) is 116 cm³/mol. The maximum atomic E-state index is 12.7. The summed E-state index contributed by atoms with van der Waals surface area (Å²) in [6, 6.07) is 15.6. The summed E-state index contributed by atoms with van der Waals surface area (Å²) in [7, 11) is 1.62. The molecule has 0 bridgehead atoms. The van der Waals surface area contributed by atoms with Gasteiger partial charge in [-0.05, 0) is 30.2 Å². The van der Waals surface area contributed by atoms with E-state index in [1.54, 1.807) is 50.6 Å². The molecule has 0 aliphatic rings. The third-order valence-corrected chi connectivity index (χ3v) is 4.80. The number of hydrogen-bond donors (Lipinski definition) is 0. The van der Waals surface area contributed by atoms with Crippen molar-refractivity contribution < 1.29 is 18.7 Å². The Morgan fingerprint density at radius 3 is 2.41 bits per heavy atom. The third-order valence-electron chi connectivity index (χ3n) is 4.80. The van der Waals surface area contributed by atoms with Gasteiger partial charge < -0.3 is 9.47 Å². The number of rotatable bonds is 8. The summed E-state index contributed by atoms with van der Waals surface area (Å²) in [5.74, 6) is 1.96. The minimum atomic E-state index is -0.567. The molecule has 2 aromatic heterocycles. The van der Waals surface area contributed by atoms with Gasteiger partial charge in [0.1, 0.15) is 24.9 Å². The number of methoxy groups -OCH3 is 1. The van der Waals surface area contributed by atoms with Crippen LogP contribution in [0, 0.1) is 6.92 Å². The van der Waals surface area contributed by atoms with Gasteiger partial charge in [-0.1, -0.05) is 36.4 Å². The second-order valence-electron chi connectivity index (χ2n) is 7.08. The van der Waals surface area contributed by atoms with Crippen molar-refractivity contribution in [1.29, 1.82) is 0 Å². The molecule has 0 radical (unpaired) electrons. The third kappa shape index (κ3) is 4.80. The van der Waals surface area contributed by atoms with E-state index in [4.69, 9.17) is 9.47 Å². The smallest absolute Gasteiger partial charge is 0.219 e. The number of carbonyl (C=O) groups is 1. The minimum absolute atomic E-state index is 0.205. The average Bonchev–Trinajstić information content (AvgIpc) is 3.33. The molecule has 8 heteroatoms. The molecule has 32 heavy (non-hydrogen) atoms. The van der Waals surface area contributed by atoms with Gasteiger partial charge in [0.15, 0.2) is 11.6 Å². The van der Waals surface area contributed by atoms with Gasteiger partial charge in [-0.3, -0.25) is 4.79 Å². The van der Waals surface area contributed by atoms with Crippen LogP contribution >= 0.6 is 0 Å². The number of hydrogen-bond acceptors (Lipinski definition) is 6. The lowest BCUT2D eigenvalue weighted by atomic mass is 10.1. The van der Waals surface area contributed by atoms with E-state index in [0.29, 0.717) is 40.8 Å². The number of aryl methyl sites for hydroxylation is 1. The van der Waals surface area contributed by atoms with Crippen LogP contribution in [-0.4, -0.2) is 32.6 Å². The molecule has 4 aromatic rings. The lowest BCUT2D eigenvalue weighted by Gasteiger charge is -2.09. The number of halogens is 1. The second-order valence-corrected chi connectivity index (χ2v) is 7.08. The van der Waals surface area contributed by atoms with Gasteiger partial charge in [0, 0.05) is 17.8 Å². The fraction of sp³-hybridized carbons (Fsp3) is 0.167. The summed E-state index contributed by atoms with van der Waals surface area (Å²) < 4.78 is 25.2. The van der Waals surface area contributed by atoms with Gasteiger partial charge in [-0.2, -0.15) is 10.1 Å². The van der Waals surface area contributed by atoms with Gasteiger partial charge >= 0.3 is 0 Å². The highest BCUT2D eigenvalue weighted by atomic mass is 19.1. The van der Waals surface area contributed by atoms with Crippen molar-refractivity contribution in [2.75, 3.05) is 7.11 Å². The minimum Gasteiger partial charge on any atom is -0.497 e. The van der Waals surface area contributed by atoms with Gasteiger partial charge in [-0.25, -0.2) is 14.1 Å². The largest absolute Gasteiger partial charge is 0.497 e. The van der Waals surface area contributed by atoms with Crippen molar-refractivity contribution >= 4 is 5.78 Å². The van der Waals surface area contributed by atoms with Crippen molar-refractivity contribution in [2.24, 2.45) is 0 Å². The van der Waals surface area contributed by atoms with Crippen molar-refractivity contribution in [3.8, 4) is 17.4 Å². The zero-order valence-electron chi connectivity index (χ0n) is 17.7. The van der Waals surface area contributed by atoms with Gasteiger partial charge in [0.05, 0.1) is 18.9 Å². The van der Waals surface area contributed by atoms with Crippen molar-refractivity contribution in [3.63, 3.8) is 0 Å². The Morgan fingerprint density at radius 1 is 1.00 bits per heavy atom. The molecule has 0 aliphatic heterocycles. The van der Waals surface area contributed by atoms with Crippen LogP contribution in [0.2, 0.25) is 0 Å². The lowest BCUT2D eigenvalue weighted by molar-refractivity contribution is 0.103. The number of carbonyl (C=O) groups excluding carboxylic acids is 1. The van der Waals surface area contributed by atoms with E-state index < -0.39 is 6.67 Å². The molecule has 0 amide bonds. The Bertz CT molecular complexity index is 1220. The summed E-state index contributed by atoms with van der Waals surface area (Å²) in [6.07, 6.45) is 3.07. The van der Waals surface area contributed by atoms with E-state index in [2.05, 4.69) is 15.1 Å². The topological polar surface area (TPSA) is 79.1 Å². The van der Waals surface area contributed by atoms with E-state index in [1.165, 1.54) is 10.9 Å². The molecule has 0 atom stereocenters. The summed E-state index contributed by atoms with van der Waals surface area (Å²) in [5, 5.41) is 4.26. The molecule has 4 rings (SSSR count). The first-order chi connectivity index (χ1) is 15.6. The average molecular weight is 432 g/mol. The normalized spacial score (nSPS) is 10.7. The van der Waals surface area contributed by atoms with Crippen LogP contribution in [0.1, 0.15) is 32.9 Å². The summed E-state index contributed by atoms with van der Waals surface area (Å²) in [6.45, 7) is 1.52. The van der Waals surface area contributed by atoms with Crippen LogP contribution in [0.4, 0.5) is 4.39 Å². The summed E-state index contributed by atoms with van der Waals surface area (Å²) in [5.41, 5.74) is 2.35. The molecule has 2 heterocycles. The first-order valence-electron chi connectivity index (χ1n) is 9.92. The highest BCUT2D eigenvalue weighted by molar-refractivity contribution is 6.08. The van der Waals surface area contributed by atoms with Gasteiger partial charge in [0.25, 0.3) is 0 Å². The van der Waals surface area contributed by atoms with Crippen LogP contribution in [0.25, 0.3) is 5.82 Å². The quantitative estimate of drug-likeness (QED) is 0.387. The molecule has 2 aromatic carbocycles. The molecule has 0 aliphatic carbocycles. The van der Waals surface area contributed by atoms with E-state index in [1.807, 2.05) is 24.3 Å². The van der Waals surface area contributed by atoms with Crippen LogP contribution in [0.5, 0.6) is 11.6 Å². The first-order valence-corrected chi connectivity index (χ1v) is 9.92. The van der Waals surface area contributed by atoms with Crippen molar-refractivity contribution in [3.05, 3.63) is 95.1 Å². The first kappa shape index (κ1) is 21.2. The zero-order valence-corrected chi connectivity index (χ0v) is 17.7. The van der Waals surface area contributed by atoms with E-state index >= 15 is 0 Å². The van der Waals surface area contributed by atoms with Gasteiger partial charge in [-0.15, -0.1) is 0 Å². The highest BCUT2D eigenvalue weighted by Gasteiger charge is 2.14. The molecule has 0 fully saturated rings. The molecule has 0 unspecified atom stereocenters. The number of benzene rings is 2. The molecule has 0 saturated heterocycles. The Balaban J connectivity index is 1.50. The highest BCUT2D eigenvalue weighted by Crippen LogP contribution is 2.18. The maximum Gasteiger partial charge on any atom is 0.219 e. The SMILES string of the molecule is COc1ccc(COc2cc(-n3cc(C(=O)c4ccc(CF)cc4)cn3)nc(C)n2)cc1. The van der Waals surface area contributed by atoms with Crippen molar-refractivity contribution in [2.45, 2.75) is 20.2 Å². The van der Waals surface area contributed by atoms with E-state index in [-0.39, 0.29) is 5.78 Å². The van der Waals surface area contributed by atoms with Crippen molar-refractivity contribution in [1.82, 2.24) is 19.7 Å². The monoisotopic (exact) mass is 432 g/mol. The summed E-state index contributed by atoms with van der Waals surface area (Å²) in [4.78, 5) is 21.4. The molecular weight excluding hydrogens is 411 g/mol. The lowest BCUT2D eigenvalue weighted by Crippen LogP contribution is -2.05. The number of aromatic nitrogens is 4.